The van der Waals surface area contributed by atoms with Gasteiger partial charge in [-0.2, -0.15) is 0 Å². The van der Waals surface area contributed by atoms with Crippen LogP contribution >= 0.6 is 0 Å². The summed E-state index contributed by atoms with van der Waals surface area (Å²) < 4.78 is 12.7. The molecule has 13 heavy (non-hydrogen) atoms. The number of hydrogen-bond donors (Lipinski definition) is 0. The van der Waals surface area contributed by atoms with Crippen molar-refractivity contribution in [1.82, 2.24) is 0 Å². The molecular formula is C9H14CoO3-2. The van der Waals surface area contributed by atoms with Crippen LogP contribution in [0.4, 0.5) is 0 Å². The summed E-state index contributed by atoms with van der Waals surface area (Å²) in [5, 5.41) is 0. The average Bonchev–Trinajstić information content (AvgIpc) is 2.23. The summed E-state index contributed by atoms with van der Waals surface area (Å²) in [6.45, 7) is 15.6. The Kier molecular flexibility index (Phi) is 24.2. The Morgan fingerprint density at radius 1 is 1.69 bits per heavy atom. The first-order chi connectivity index (χ1) is 6.20. The topological polar surface area (TPSA) is 43.4 Å². The van der Waals surface area contributed by atoms with Crippen molar-refractivity contribution >= 4 is 5.97 Å². The number of rotatable bonds is 3. The van der Waals surface area contributed by atoms with Gasteiger partial charge in [0.1, 0.15) is 0 Å². The van der Waals surface area contributed by atoms with Crippen LogP contribution in [0, 0.1) is 13.5 Å². The maximum absolute atomic E-state index is 10.4. The third-order valence-corrected chi connectivity index (χ3v) is 0.891. The van der Waals surface area contributed by atoms with E-state index in [1.807, 2.05) is 0 Å². The summed E-state index contributed by atoms with van der Waals surface area (Å²) in [5.41, 5.74) is 0. The monoisotopic (exact) mass is 229 g/mol. The maximum atomic E-state index is 10.4. The van der Waals surface area contributed by atoms with Crippen LogP contribution in [0.25, 0.3) is 0 Å². The van der Waals surface area contributed by atoms with Gasteiger partial charge in [-0.3, -0.25) is 6.58 Å². The summed E-state index contributed by atoms with van der Waals surface area (Å²) in [6, 6.07) is 0. The van der Waals surface area contributed by atoms with Gasteiger partial charge in [-0.05, 0) is 6.92 Å². The Labute approximate surface area is 87.6 Å². The van der Waals surface area contributed by atoms with Gasteiger partial charge < -0.3 is 18.2 Å². The van der Waals surface area contributed by atoms with Crippen molar-refractivity contribution in [1.29, 1.82) is 0 Å². The predicted octanol–water partition coefficient (Wildman–Crippen LogP) is 1.81. The van der Waals surface area contributed by atoms with Gasteiger partial charge in [-0.1, -0.05) is 6.58 Å². The SMILES string of the molecule is C=CC(=O)OC(C)C[CH2-].[CH-]=C.[O]=[Co]. The van der Waals surface area contributed by atoms with Gasteiger partial charge in [0, 0.05) is 6.08 Å². The Morgan fingerprint density at radius 3 is 2.31 bits per heavy atom. The molecule has 0 aliphatic heterocycles. The summed E-state index contributed by atoms with van der Waals surface area (Å²) in [4.78, 5) is 10.4. The molecule has 0 bridgehead atoms. The molecule has 0 amide bonds. The fraction of sp³-hybridized carbons (Fsp3) is 0.333. The molecule has 0 aromatic heterocycles. The van der Waals surface area contributed by atoms with Crippen molar-refractivity contribution in [3.8, 4) is 0 Å². The van der Waals surface area contributed by atoms with Crippen LogP contribution in [0.2, 0.25) is 0 Å². The third-order valence-electron chi connectivity index (χ3n) is 0.891. The normalized spacial score (nSPS) is 9.15. The summed E-state index contributed by atoms with van der Waals surface area (Å²) in [6.07, 6.45) is 1.64. The van der Waals surface area contributed by atoms with Crippen molar-refractivity contribution in [3.63, 3.8) is 0 Å². The Morgan fingerprint density at radius 2 is 2.08 bits per heavy atom. The summed E-state index contributed by atoms with van der Waals surface area (Å²) in [5.74, 6) is -0.383. The molecule has 0 aromatic rings. The van der Waals surface area contributed by atoms with Crippen molar-refractivity contribution in [2.24, 2.45) is 0 Å². The standard InChI is InChI=1S/C7H11O2.C2H3.Co.O/c1-4-6(3)9-7(8)5-2;1-2;;/h5-6H,1-2,4H2,3H3;1H,2H2;;/q2*-1;;. The van der Waals surface area contributed by atoms with Crippen LogP contribution in [0.3, 0.4) is 0 Å². The van der Waals surface area contributed by atoms with Crippen molar-refractivity contribution in [2.45, 2.75) is 19.4 Å². The van der Waals surface area contributed by atoms with E-state index in [9.17, 15) is 4.79 Å². The molecule has 0 fully saturated rings. The first-order valence-electron chi connectivity index (χ1n) is 3.37. The van der Waals surface area contributed by atoms with Gasteiger partial charge in [0.2, 0.25) is 0 Å². The number of carbonyl (C=O) groups is 1. The van der Waals surface area contributed by atoms with E-state index in [1.54, 1.807) is 6.92 Å². The van der Waals surface area contributed by atoms with E-state index in [4.69, 9.17) is 8.60 Å². The molecule has 0 aromatic carbocycles. The molecule has 0 saturated carbocycles. The molecule has 1 atom stereocenters. The van der Waals surface area contributed by atoms with Gasteiger partial charge in [0.25, 0.3) is 0 Å². The van der Waals surface area contributed by atoms with Gasteiger partial charge in [0.15, 0.2) is 0 Å². The zero-order valence-electron chi connectivity index (χ0n) is 7.62. The first kappa shape index (κ1) is 18.1. The molecule has 0 radical (unpaired) electrons. The Hall–Kier alpha value is -0.744. The molecule has 4 heteroatoms. The Balaban J connectivity index is -0.000000218. The van der Waals surface area contributed by atoms with Gasteiger partial charge in [-0.15, -0.1) is 6.42 Å². The second kappa shape index (κ2) is 17.4. The summed E-state index contributed by atoms with van der Waals surface area (Å²) in [7, 11) is 0. The Bertz CT molecular complexity index is 135. The van der Waals surface area contributed by atoms with E-state index in [-0.39, 0.29) is 12.1 Å². The van der Waals surface area contributed by atoms with Crippen LogP contribution in [0.15, 0.2) is 19.2 Å². The van der Waals surface area contributed by atoms with E-state index in [1.165, 1.54) is 0 Å². The molecule has 0 saturated heterocycles. The molecule has 3 nitrogen and oxygen atoms in total. The molecule has 79 valence electrons. The molecule has 1 unspecified atom stereocenters. The van der Waals surface area contributed by atoms with Gasteiger partial charge >= 0.3 is 25.5 Å². The van der Waals surface area contributed by atoms with Crippen LogP contribution < -0.4 is 0 Å². The van der Waals surface area contributed by atoms with Gasteiger partial charge in [0.05, 0.1) is 6.10 Å². The molecule has 0 spiro atoms. The van der Waals surface area contributed by atoms with Crippen molar-refractivity contribution in [2.75, 3.05) is 0 Å². The first-order valence-corrected chi connectivity index (χ1v) is 3.80. The van der Waals surface area contributed by atoms with E-state index < -0.39 is 0 Å². The molecule has 0 aliphatic carbocycles. The number of esters is 1. The predicted molar refractivity (Wildman–Crippen MR) is 46.3 cm³/mol. The molecular weight excluding hydrogens is 215 g/mol. The van der Waals surface area contributed by atoms with Crippen LogP contribution in [0.1, 0.15) is 13.3 Å². The molecule has 0 heterocycles. The molecule has 0 rings (SSSR count). The number of carbonyl (C=O) groups excluding carboxylic acids is 1. The van der Waals surface area contributed by atoms with E-state index in [0.29, 0.717) is 6.42 Å². The summed E-state index contributed by atoms with van der Waals surface area (Å²) >= 11 is 2.31. The third kappa shape index (κ3) is 18.3. The van der Waals surface area contributed by atoms with E-state index in [0.717, 1.165) is 6.08 Å². The van der Waals surface area contributed by atoms with E-state index in [2.05, 4.69) is 42.3 Å². The van der Waals surface area contributed by atoms with Crippen LogP contribution in [-0.2, 0) is 29.1 Å². The van der Waals surface area contributed by atoms with E-state index >= 15 is 0 Å². The second-order valence-electron chi connectivity index (χ2n) is 1.74. The zero-order valence-corrected chi connectivity index (χ0v) is 8.66. The fourth-order valence-corrected chi connectivity index (χ4v) is 0.305. The van der Waals surface area contributed by atoms with Crippen molar-refractivity contribution < 1.29 is 29.1 Å². The average molecular weight is 229 g/mol. The second-order valence-corrected chi connectivity index (χ2v) is 1.74. The van der Waals surface area contributed by atoms with Crippen LogP contribution in [0.5, 0.6) is 0 Å². The minimum atomic E-state index is -0.383. The number of ether oxygens (including phenoxy) is 1. The zero-order chi connectivity index (χ0) is 11.3. The quantitative estimate of drug-likeness (QED) is 0.421. The fourth-order valence-electron chi connectivity index (χ4n) is 0.305. The molecule has 0 N–H and O–H groups in total. The minimum absolute atomic E-state index is 0.101. The molecule has 0 aliphatic rings. The van der Waals surface area contributed by atoms with Crippen LogP contribution in [-0.4, -0.2) is 12.1 Å². The van der Waals surface area contributed by atoms with Gasteiger partial charge in [-0.25, -0.2) is 4.79 Å². The van der Waals surface area contributed by atoms with Crippen molar-refractivity contribution in [3.05, 3.63) is 32.7 Å². The number of hydrogen-bond acceptors (Lipinski definition) is 3.